The Bertz CT molecular complexity index is 354. The fraction of sp³-hybridized carbons (Fsp3) is 0.846. The second-order valence-corrected chi connectivity index (χ2v) is 5.11. The summed E-state index contributed by atoms with van der Waals surface area (Å²) in [6.07, 6.45) is 7.41. The lowest BCUT2D eigenvalue weighted by Crippen LogP contribution is -2.34. The third-order valence-corrected chi connectivity index (χ3v) is 3.66. The Labute approximate surface area is 108 Å². The van der Waals surface area contributed by atoms with E-state index in [2.05, 4.69) is 10.1 Å². The number of methoxy groups -OCH3 is 1. The Hall–Kier alpha value is -0.940. The van der Waals surface area contributed by atoms with Gasteiger partial charge in [-0.1, -0.05) is 18.0 Å². The molecule has 2 N–H and O–H groups in total. The molecule has 0 amide bonds. The van der Waals surface area contributed by atoms with E-state index in [1.54, 1.807) is 7.11 Å². The maximum atomic E-state index is 6.13. The molecular weight excluding hydrogens is 230 g/mol. The summed E-state index contributed by atoms with van der Waals surface area (Å²) < 4.78 is 10.3. The SMILES string of the molecule is COCCCc1noc(CC2CCCCC2N)n1. The third-order valence-electron chi connectivity index (χ3n) is 3.66. The van der Waals surface area contributed by atoms with Crippen LogP contribution in [-0.2, 0) is 17.6 Å². The van der Waals surface area contributed by atoms with Gasteiger partial charge in [0.15, 0.2) is 5.82 Å². The maximum Gasteiger partial charge on any atom is 0.226 e. The number of ether oxygens (including phenoxy) is 1. The summed E-state index contributed by atoms with van der Waals surface area (Å²) in [5.74, 6) is 2.03. The van der Waals surface area contributed by atoms with Crippen LogP contribution >= 0.6 is 0 Å². The average molecular weight is 253 g/mol. The van der Waals surface area contributed by atoms with Crippen molar-refractivity contribution in [1.29, 1.82) is 0 Å². The Morgan fingerprint density at radius 3 is 3.00 bits per heavy atom. The molecule has 1 aromatic heterocycles. The molecule has 1 saturated carbocycles. The van der Waals surface area contributed by atoms with Crippen molar-refractivity contribution < 1.29 is 9.26 Å². The first kappa shape index (κ1) is 13.5. The van der Waals surface area contributed by atoms with Crippen molar-refractivity contribution in [3.8, 4) is 0 Å². The minimum absolute atomic E-state index is 0.294. The van der Waals surface area contributed by atoms with Gasteiger partial charge in [0.1, 0.15) is 0 Å². The lowest BCUT2D eigenvalue weighted by atomic mass is 9.83. The second kappa shape index (κ2) is 6.85. The fourth-order valence-corrected chi connectivity index (χ4v) is 2.56. The molecule has 0 aromatic carbocycles. The van der Waals surface area contributed by atoms with Crippen molar-refractivity contribution in [2.75, 3.05) is 13.7 Å². The average Bonchev–Trinajstić information content (AvgIpc) is 2.80. The highest BCUT2D eigenvalue weighted by Gasteiger charge is 2.24. The van der Waals surface area contributed by atoms with Crippen LogP contribution in [0.15, 0.2) is 4.52 Å². The molecule has 1 aliphatic carbocycles. The van der Waals surface area contributed by atoms with Gasteiger partial charge >= 0.3 is 0 Å². The molecule has 0 aliphatic heterocycles. The van der Waals surface area contributed by atoms with Gasteiger partial charge in [0, 0.05) is 32.6 Å². The highest BCUT2D eigenvalue weighted by Crippen LogP contribution is 2.25. The van der Waals surface area contributed by atoms with Crippen molar-refractivity contribution in [1.82, 2.24) is 10.1 Å². The van der Waals surface area contributed by atoms with E-state index in [-0.39, 0.29) is 0 Å². The number of nitrogens with zero attached hydrogens (tertiary/aromatic N) is 2. The quantitative estimate of drug-likeness (QED) is 0.781. The van der Waals surface area contributed by atoms with Crippen LogP contribution < -0.4 is 5.73 Å². The molecule has 0 spiro atoms. The van der Waals surface area contributed by atoms with Crippen LogP contribution in [0.5, 0.6) is 0 Å². The van der Waals surface area contributed by atoms with Gasteiger partial charge in [-0.2, -0.15) is 4.98 Å². The number of rotatable bonds is 6. The number of hydrogen-bond donors (Lipinski definition) is 1. The van der Waals surface area contributed by atoms with E-state index in [0.29, 0.717) is 12.0 Å². The molecule has 1 aliphatic rings. The van der Waals surface area contributed by atoms with Crippen molar-refractivity contribution >= 4 is 0 Å². The van der Waals surface area contributed by atoms with E-state index in [9.17, 15) is 0 Å². The Balaban J connectivity index is 1.82. The topological polar surface area (TPSA) is 74.2 Å². The highest BCUT2D eigenvalue weighted by molar-refractivity contribution is 4.91. The summed E-state index contributed by atoms with van der Waals surface area (Å²) in [6.45, 7) is 0.734. The van der Waals surface area contributed by atoms with Gasteiger partial charge in [0.25, 0.3) is 0 Å². The molecule has 18 heavy (non-hydrogen) atoms. The Morgan fingerprint density at radius 1 is 1.39 bits per heavy atom. The van der Waals surface area contributed by atoms with E-state index >= 15 is 0 Å². The van der Waals surface area contributed by atoms with Crippen LogP contribution in [-0.4, -0.2) is 29.9 Å². The molecule has 2 rings (SSSR count). The first-order valence-corrected chi connectivity index (χ1v) is 6.85. The lowest BCUT2D eigenvalue weighted by molar-refractivity contribution is 0.194. The molecule has 1 aromatic rings. The Kier molecular flexibility index (Phi) is 5.13. The summed E-state index contributed by atoms with van der Waals surface area (Å²) in [4.78, 5) is 4.42. The molecule has 5 heteroatoms. The number of hydrogen-bond acceptors (Lipinski definition) is 5. The normalized spacial score (nSPS) is 24.3. The first-order valence-electron chi connectivity index (χ1n) is 6.85. The van der Waals surface area contributed by atoms with Gasteiger partial charge in [-0.25, -0.2) is 0 Å². The summed E-state index contributed by atoms with van der Waals surface area (Å²) in [7, 11) is 1.70. The monoisotopic (exact) mass is 253 g/mol. The predicted octanol–water partition coefficient (Wildman–Crippen LogP) is 1.71. The summed E-state index contributed by atoms with van der Waals surface area (Å²) in [6, 6.07) is 0.294. The zero-order valence-corrected chi connectivity index (χ0v) is 11.1. The minimum Gasteiger partial charge on any atom is -0.385 e. The van der Waals surface area contributed by atoms with Gasteiger partial charge in [-0.3, -0.25) is 0 Å². The van der Waals surface area contributed by atoms with Gasteiger partial charge in [0.05, 0.1) is 0 Å². The van der Waals surface area contributed by atoms with Crippen molar-refractivity contribution in [2.24, 2.45) is 11.7 Å². The standard InChI is InChI=1S/C13H23N3O2/c1-17-8-4-7-12-15-13(18-16-12)9-10-5-2-3-6-11(10)14/h10-11H,2-9,14H2,1H3. The molecule has 1 fully saturated rings. The molecule has 2 atom stereocenters. The highest BCUT2D eigenvalue weighted by atomic mass is 16.5. The van der Waals surface area contributed by atoms with Gasteiger partial charge in [-0.15, -0.1) is 0 Å². The van der Waals surface area contributed by atoms with Crippen LogP contribution in [0.4, 0.5) is 0 Å². The number of aryl methyl sites for hydroxylation is 1. The van der Waals surface area contributed by atoms with E-state index in [4.69, 9.17) is 15.0 Å². The third kappa shape index (κ3) is 3.78. The summed E-state index contributed by atoms with van der Waals surface area (Å²) >= 11 is 0. The van der Waals surface area contributed by atoms with Crippen molar-refractivity contribution in [3.05, 3.63) is 11.7 Å². The fourth-order valence-electron chi connectivity index (χ4n) is 2.56. The lowest BCUT2D eigenvalue weighted by Gasteiger charge is -2.27. The van der Waals surface area contributed by atoms with Crippen molar-refractivity contribution in [2.45, 2.75) is 51.0 Å². The smallest absolute Gasteiger partial charge is 0.226 e. The molecule has 0 radical (unpaired) electrons. The van der Waals surface area contributed by atoms with E-state index in [0.717, 1.165) is 44.0 Å². The van der Waals surface area contributed by atoms with E-state index in [1.165, 1.54) is 19.3 Å². The molecule has 102 valence electrons. The van der Waals surface area contributed by atoms with Crippen LogP contribution in [0, 0.1) is 5.92 Å². The minimum atomic E-state index is 0.294. The summed E-state index contributed by atoms with van der Waals surface area (Å²) in [5.41, 5.74) is 6.13. The molecule has 0 saturated heterocycles. The zero-order valence-electron chi connectivity index (χ0n) is 11.1. The number of nitrogens with two attached hydrogens (primary N) is 1. The molecule has 2 unspecified atom stereocenters. The van der Waals surface area contributed by atoms with Crippen LogP contribution in [0.2, 0.25) is 0 Å². The van der Waals surface area contributed by atoms with Crippen molar-refractivity contribution in [3.63, 3.8) is 0 Å². The Morgan fingerprint density at radius 2 is 2.22 bits per heavy atom. The van der Waals surface area contributed by atoms with E-state index in [1.807, 2.05) is 0 Å². The largest absolute Gasteiger partial charge is 0.385 e. The molecule has 1 heterocycles. The van der Waals surface area contributed by atoms with Crippen LogP contribution in [0.1, 0.15) is 43.8 Å². The summed E-state index contributed by atoms with van der Waals surface area (Å²) in [5, 5.41) is 4.00. The zero-order chi connectivity index (χ0) is 12.8. The van der Waals surface area contributed by atoms with E-state index < -0.39 is 0 Å². The maximum absolute atomic E-state index is 6.13. The van der Waals surface area contributed by atoms with Gasteiger partial charge in [-0.05, 0) is 25.2 Å². The molecular formula is C13H23N3O2. The predicted molar refractivity (Wildman–Crippen MR) is 68.1 cm³/mol. The first-order chi connectivity index (χ1) is 8.79. The van der Waals surface area contributed by atoms with Crippen LogP contribution in [0.3, 0.4) is 0 Å². The van der Waals surface area contributed by atoms with Crippen LogP contribution in [0.25, 0.3) is 0 Å². The number of aromatic nitrogens is 2. The van der Waals surface area contributed by atoms with Gasteiger partial charge < -0.3 is 15.0 Å². The molecule has 5 nitrogen and oxygen atoms in total. The van der Waals surface area contributed by atoms with Gasteiger partial charge in [0.2, 0.25) is 5.89 Å². The second-order valence-electron chi connectivity index (χ2n) is 5.11. The molecule has 0 bridgehead atoms.